The summed E-state index contributed by atoms with van der Waals surface area (Å²) in [4.78, 5) is 4.22. The van der Waals surface area contributed by atoms with Crippen molar-refractivity contribution in [3.63, 3.8) is 0 Å². The van der Waals surface area contributed by atoms with E-state index in [-0.39, 0.29) is 0 Å². The van der Waals surface area contributed by atoms with E-state index in [1.54, 1.807) is 24.6 Å². The van der Waals surface area contributed by atoms with Gasteiger partial charge in [0.2, 0.25) is 0 Å². The molecule has 3 aromatic rings. The van der Waals surface area contributed by atoms with Crippen molar-refractivity contribution >= 4 is 78.8 Å². The Morgan fingerprint density at radius 1 is 1.09 bits per heavy atom. The van der Waals surface area contributed by atoms with Crippen molar-refractivity contribution in [1.82, 2.24) is 4.98 Å². The fraction of sp³-hybridized carbons (Fsp3) is 0.188. The lowest BCUT2D eigenvalue weighted by Gasteiger charge is -2.17. The van der Waals surface area contributed by atoms with E-state index in [1.165, 1.54) is 0 Å². The molecule has 0 unspecified atom stereocenters. The van der Waals surface area contributed by atoms with E-state index in [4.69, 9.17) is 39.5 Å². The number of halogens is 4. The monoisotopic (exact) mass is 497 g/mol. The Morgan fingerprint density at radius 3 is 2.26 bits per heavy atom. The van der Waals surface area contributed by atoms with Gasteiger partial charge in [-0.3, -0.25) is 0 Å². The number of thiophene rings is 1. The molecule has 0 amide bonds. The van der Waals surface area contributed by atoms with Crippen molar-refractivity contribution in [2.75, 3.05) is 7.11 Å². The fourth-order valence-electron chi connectivity index (χ4n) is 2.69. The van der Waals surface area contributed by atoms with E-state index in [9.17, 15) is 0 Å². The highest BCUT2D eigenvalue weighted by atomic mass is 127. The second-order valence-electron chi connectivity index (χ2n) is 5.01. The van der Waals surface area contributed by atoms with Crippen LogP contribution in [-0.4, -0.2) is 12.1 Å². The van der Waals surface area contributed by atoms with Crippen LogP contribution in [0.3, 0.4) is 0 Å². The molecule has 0 N–H and O–H groups in total. The van der Waals surface area contributed by atoms with Crippen molar-refractivity contribution in [2.24, 2.45) is 0 Å². The number of benzene rings is 1. The molecule has 0 saturated heterocycles. The summed E-state index contributed by atoms with van der Waals surface area (Å²) in [6, 6.07) is 1.97. The standard InChI is InChI=1S/C16H11Cl3INOS/c1-6-9(7(2)13(18)14(22-3)12(6)17)11-10-8(23-16(11)20)4-5-21-15(10)19/h4-5H,1-3H3. The molecule has 0 fully saturated rings. The number of hydrogen-bond donors (Lipinski definition) is 0. The van der Waals surface area contributed by atoms with Crippen LogP contribution in [0.1, 0.15) is 11.1 Å². The van der Waals surface area contributed by atoms with Crippen LogP contribution in [0.25, 0.3) is 21.2 Å². The van der Waals surface area contributed by atoms with Gasteiger partial charge in [0.15, 0.2) is 5.75 Å². The molecule has 7 heteroatoms. The first-order valence-electron chi connectivity index (χ1n) is 6.63. The van der Waals surface area contributed by atoms with Gasteiger partial charge in [0, 0.05) is 21.8 Å². The molecule has 0 bridgehead atoms. The fourth-order valence-corrected chi connectivity index (χ4v) is 5.76. The minimum Gasteiger partial charge on any atom is -0.494 e. The lowest BCUT2D eigenvalue weighted by atomic mass is 9.95. The van der Waals surface area contributed by atoms with Crippen LogP contribution in [0.2, 0.25) is 15.2 Å². The van der Waals surface area contributed by atoms with Gasteiger partial charge in [-0.25, -0.2) is 4.98 Å². The summed E-state index contributed by atoms with van der Waals surface area (Å²) in [5, 5.41) is 2.46. The summed E-state index contributed by atoms with van der Waals surface area (Å²) in [7, 11) is 1.57. The smallest absolute Gasteiger partial charge is 0.156 e. The molecule has 0 atom stereocenters. The van der Waals surface area contributed by atoms with Gasteiger partial charge < -0.3 is 4.74 Å². The molecular weight excluding hydrogens is 488 g/mol. The number of ether oxygens (including phenoxy) is 1. The lowest BCUT2D eigenvalue weighted by molar-refractivity contribution is 0.414. The van der Waals surface area contributed by atoms with Crippen molar-refractivity contribution in [3.8, 4) is 16.9 Å². The Hall–Kier alpha value is -0.270. The van der Waals surface area contributed by atoms with Gasteiger partial charge in [-0.15, -0.1) is 11.3 Å². The van der Waals surface area contributed by atoms with Gasteiger partial charge >= 0.3 is 0 Å². The second-order valence-corrected chi connectivity index (χ2v) is 8.99. The molecule has 2 aromatic heterocycles. The average Bonchev–Trinajstić information content (AvgIpc) is 2.84. The molecule has 120 valence electrons. The molecule has 0 aliphatic heterocycles. The van der Waals surface area contributed by atoms with E-state index in [0.717, 1.165) is 35.2 Å². The highest BCUT2D eigenvalue weighted by Gasteiger charge is 2.24. The summed E-state index contributed by atoms with van der Waals surface area (Å²) in [5.74, 6) is 0.505. The van der Waals surface area contributed by atoms with Crippen LogP contribution in [-0.2, 0) is 0 Å². The van der Waals surface area contributed by atoms with Crippen LogP contribution in [0.5, 0.6) is 5.75 Å². The molecule has 0 radical (unpaired) electrons. The van der Waals surface area contributed by atoms with E-state index in [2.05, 4.69) is 27.6 Å². The Bertz CT molecular complexity index is 910. The molecule has 0 aliphatic carbocycles. The molecule has 1 aromatic carbocycles. The van der Waals surface area contributed by atoms with E-state index in [0.29, 0.717) is 20.9 Å². The van der Waals surface area contributed by atoms with Crippen LogP contribution in [0, 0.1) is 16.7 Å². The van der Waals surface area contributed by atoms with Gasteiger partial charge in [-0.2, -0.15) is 0 Å². The van der Waals surface area contributed by atoms with Crippen molar-refractivity contribution in [3.05, 3.63) is 41.5 Å². The number of nitrogens with zero attached hydrogens (tertiary/aromatic N) is 1. The molecule has 0 saturated carbocycles. The van der Waals surface area contributed by atoms with E-state index in [1.807, 2.05) is 19.9 Å². The Labute approximate surface area is 166 Å². The van der Waals surface area contributed by atoms with Crippen LogP contribution in [0.15, 0.2) is 12.3 Å². The van der Waals surface area contributed by atoms with E-state index < -0.39 is 0 Å². The largest absolute Gasteiger partial charge is 0.494 e. The lowest BCUT2D eigenvalue weighted by Crippen LogP contribution is -1.96. The molecule has 23 heavy (non-hydrogen) atoms. The Morgan fingerprint density at radius 2 is 1.70 bits per heavy atom. The summed E-state index contributed by atoms with van der Waals surface area (Å²) in [6.45, 7) is 3.93. The number of pyridine rings is 1. The van der Waals surface area contributed by atoms with Gasteiger partial charge in [-0.05, 0) is 59.2 Å². The van der Waals surface area contributed by atoms with E-state index >= 15 is 0 Å². The summed E-state index contributed by atoms with van der Waals surface area (Å²) in [5.41, 5.74) is 3.86. The molecule has 3 rings (SSSR count). The first-order chi connectivity index (χ1) is 10.9. The number of hydrogen-bond acceptors (Lipinski definition) is 3. The van der Waals surface area contributed by atoms with Gasteiger partial charge in [-0.1, -0.05) is 34.8 Å². The molecular formula is C16H11Cl3INOS. The van der Waals surface area contributed by atoms with Crippen LogP contribution >= 0.6 is 68.7 Å². The van der Waals surface area contributed by atoms with Gasteiger partial charge in [0.25, 0.3) is 0 Å². The normalized spacial score (nSPS) is 11.3. The molecule has 0 aliphatic rings. The number of rotatable bonds is 2. The highest BCUT2D eigenvalue weighted by molar-refractivity contribution is 14.1. The van der Waals surface area contributed by atoms with Crippen molar-refractivity contribution < 1.29 is 4.74 Å². The average molecular weight is 499 g/mol. The first-order valence-corrected chi connectivity index (χ1v) is 9.66. The zero-order valence-corrected chi connectivity index (χ0v) is 17.7. The third-order valence-corrected chi connectivity index (χ3v) is 7.11. The molecule has 0 spiro atoms. The number of aromatic nitrogens is 1. The zero-order valence-electron chi connectivity index (χ0n) is 12.4. The Kier molecular flexibility index (Phi) is 5.01. The summed E-state index contributed by atoms with van der Waals surface area (Å²) in [6.07, 6.45) is 1.72. The minimum atomic E-state index is 0.485. The second kappa shape index (κ2) is 6.56. The van der Waals surface area contributed by atoms with Crippen LogP contribution < -0.4 is 4.74 Å². The zero-order chi connectivity index (χ0) is 16.9. The number of fused-ring (bicyclic) bond motifs is 1. The van der Waals surface area contributed by atoms with Crippen molar-refractivity contribution in [1.29, 1.82) is 0 Å². The quantitative estimate of drug-likeness (QED) is 0.276. The maximum Gasteiger partial charge on any atom is 0.156 e. The Balaban J connectivity index is 2.48. The SMILES string of the molecule is COc1c(Cl)c(C)c(-c2c(I)sc3ccnc(Cl)c23)c(C)c1Cl. The predicted octanol–water partition coefficient (Wildman–Crippen LogP) is 7.15. The summed E-state index contributed by atoms with van der Waals surface area (Å²) >= 11 is 23.3. The minimum absolute atomic E-state index is 0.485. The third kappa shape index (κ3) is 2.72. The summed E-state index contributed by atoms with van der Waals surface area (Å²) < 4.78 is 7.56. The number of methoxy groups -OCH3 is 1. The highest BCUT2D eigenvalue weighted by Crippen LogP contribution is 2.49. The predicted molar refractivity (Wildman–Crippen MR) is 109 cm³/mol. The van der Waals surface area contributed by atoms with Gasteiger partial charge in [0.05, 0.1) is 20.0 Å². The van der Waals surface area contributed by atoms with Gasteiger partial charge in [0.1, 0.15) is 5.15 Å². The maximum absolute atomic E-state index is 6.48. The molecule has 2 heterocycles. The maximum atomic E-state index is 6.48. The third-order valence-electron chi connectivity index (χ3n) is 3.77. The first kappa shape index (κ1) is 17.5. The topological polar surface area (TPSA) is 22.1 Å². The van der Waals surface area contributed by atoms with Crippen LogP contribution in [0.4, 0.5) is 0 Å². The van der Waals surface area contributed by atoms with Crippen molar-refractivity contribution in [2.45, 2.75) is 13.8 Å². The molecule has 2 nitrogen and oxygen atoms in total.